The van der Waals surface area contributed by atoms with Crippen molar-refractivity contribution in [2.45, 2.75) is 125 Å². The molecule has 0 aromatic heterocycles. The second kappa shape index (κ2) is 16.7. The summed E-state index contributed by atoms with van der Waals surface area (Å²) < 4.78 is 11.0. The van der Waals surface area contributed by atoms with Crippen LogP contribution < -0.4 is 4.74 Å². The molecule has 0 radical (unpaired) electrons. The number of fused-ring (bicyclic) bond motifs is 2. The fourth-order valence-electron chi connectivity index (χ4n) is 8.47. The number of allylic oxidation sites excluding steroid dienone is 8. The summed E-state index contributed by atoms with van der Waals surface area (Å²) in [5.74, 6) is -4.02. The van der Waals surface area contributed by atoms with Crippen LogP contribution in [0.3, 0.4) is 0 Å². The Morgan fingerprint density at radius 1 is 0.927 bits per heavy atom. The van der Waals surface area contributed by atoms with Gasteiger partial charge in [-0.1, -0.05) is 60.9 Å². The first-order chi connectivity index (χ1) is 25.6. The summed E-state index contributed by atoms with van der Waals surface area (Å²) in [6.07, 6.45) is -0.598. The number of phenolic OH excluding ortho intramolecular Hbond substituents is 1. The van der Waals surface area contributed by atoms with E-state index in [-0.39, 0.29) is 42.4 Å². The topological polar surface area (TPSA) is 191 Å². The number of carbonyl (C=O) groups is 3. The highest BCUT2D eigenvalue weighted by molar-refractivity contribution is 6.41. The summed E-state index contributed by atoms with van der Waals surface area (Å²) in [4.78, 5) is 45.8. The lowest BCUT2D eigenvalue weighted by Gasteiger charge is -2.60. The van der Waals surface area contributed by atoms with Gasteiger partial charge in [-0.25, -0.2) is 0 Å². The van der Waals surface area contributed by atoms with Gasteiger partial charge in [-0.2, -0.15) is 0 Å². The van der Waals surface area contributed by atoms with Crippen LogP contribution in [0.25, 0.3) is 5.76 Å². The van der Waals surface area contributed by atoms with Crippen LogP contribution in [0.1, 0.15) is 100.0 Å². The lowest BCUT2D eigenvalue weighted by atomic mass is 9.38. The highest BCUT2D eigenvalue weighted by Gasteiger charge is 2.74. The van der Waals surface area contributed by atoms with Crippen molar-refractivity contribution < 1.29 is 54.5 Å². The monoisotopic (exact) mass is 764 g/mol. The first-order valence-corrected chi connectivity index (χ1v) is 19.0. The molecule has 302 valence electrons. The number of benzene rings is 1. The number of ether oxygens (including phenoxy) is 2. The minimum Gasteiger partial charge on any atom is -0.506 e. The fraction of sp³-hybridized carbons (Fsp3) is 0.568. The zero-order chi connectivity index (χ0) is 41.4. The molecule has 1 aromatic carbocycles. The van der Waals surface area contributed by atoms with Gasteiger partial charge in [0.05, 0.1) is 12.0 Å². The van der Waals surface area contributed by atoms with Crippen molar-refractivity contribution in [2.75, 3.05) is 6.61 Å². The summed E-state index contributed by atoms with van der Waals surface area (Å²) in [6, 6.07) is 3.60. The summed E-state index contributed by atoms with van der Waals surface area (Å²) >= 11 is 0. The average molecular weight is 765 g/mol. The SMILES string of the molecule is C=C(C)[C@@H](CC=C(C)C)C[C@@]12C[C@@H](CC=C(C)C)C(C)(C)[C@@](CC=C(C)C)(C(=O)/C(=C(/O)c3ccc(O[C@H]4O[C@@H](CO)[C@H](O)[C@@H](O)[C@@H]4O)c(O)c3)C1=O)C2=O. The van der Waals surface area contributed by atoms with Crippen molar-refractivity contribution in [3.05, 3.63) is 76.4 Å². The van der Waals surface area contributed by atoms with Gasteiger partial charge in [0.15, 0.2) is 28.8 Å². The van der Waals surface area contributed by atoms with E-state index in [0.717, 1.165) is 28.4 Å². The number of hydrogen-bond acceptors (Lipinski definition) is 11. The molecule has 0 amide bonds. The van der Waals surface area contributed by atoms with E-state index in [1.165, 1.54) is 12.1 Å². The third kappa shape index (κ3) is 8.05. The van der Waals surface area contributed by atoms with Gasteiger partial charge in [-0.3, -0.25) is 14.4 Å². The minimum absolute atomic E-state index is 0.0277. The second-order valence-electron chi connectivity index (χ2n) is 17.1. The summed E-state index contributed by atoms with van der Waals surface area (Å²) in [7, 11) is 0. The number of rotatable bonds is 13. The van der Waals surface area contributed by atoms with E-state index in [4.69, 9.17) is 9.47 Å². The van der Waals surface area contributed by atoms with Crippen LogP contribution in [0.5, 0.6) is 11.5 Å². The van der Waals surface area contributed by atoms with Gasteiger partial charge >= 0.3 is 0 Å². The first kappa shape index (κ1) is 43.9. The molecule has 2 aliphatic carbocycles. The highest BCUT2D eigenvalue weighted by atomic mass is 16.7. The van der Waals surface area contributed by atoms with E-state index in [9.17, 15) is 30.6 Å². The average Bonchev–Trinajstić information content (AvgIpc) is 3.10. The molecule has 2 bridgehead atoms. The third-order valence-corrected chi connectivity index (χ3v) is 12.1. The van der Waals surface area contributed by atoms with Crippen molar-refractivity contribution in [2.24, 2.45) is 28.1 Å². The number of hydrogen-bond donors (Lipinski definition) is 6. The Labute approximate surface area is 324 Å². The summed E-state index contributed by atoms with van der Waals surface area (Å²) in [5.41, 5.74) is -1.13. The van der Waals surface area contributed by atoms with Crippen molar-refractivity contribution in [1.82, 2.24) is 0 Å². The largest absolute Gasteiger partial charge is 0.506 e. The lowest BCUT2D eigenvalue weighted by molar-refractivity contribution is -0.277. The fourth-order valence-corrected chi connectivity index (χ4v) is 8.47. The maximum Gasteiger partial charge on any atom is 0.229 e. The summed E-state index contributed by atoms with van der Waals surface area (Å²) in [5, 5.41) is 63.5. The molecule has 1 saturated heterocycles. The Bertz CT molecular complexity index is 1800. The number of phenols is 1. The molecule has 55 heavy (non-hydrogen) atoms. The maximum absolute atomic E-state index is 15.4. The van der Waals surface area contributed by atoms with Crippen LogP contribution in [0.2, 0.25) is 0 Å². The minimum atomic E-state index is -1.75. The normalized spacial score (nSPS) is 31.6. The first-order valence-electron chi connectivity index (χ1n) is 19.0. The van der Waals surface area contributed by atoms with Gasteiger partial charge in [0.2, 0.25) is 6.29 Å². The van der Waals surface area contributed by atoms with Gasteiger partial charge in [0.1, 0.15) is 41.2 Å². The molecule has 0 spiro atoms. The number of aliphatic hydroxyl groups excluding tert-OH is 5. The Hall–Kier alpha value is -3.87. The molecular weight excluding hydrogens is 704 g/mol. The van der Waals surface area contributed by atoms with Gasteiger partial charge < -0.3 is 40.1 Å². The van der Waals surface area contributed by atoms with Crippen molar-refractivity contribution in [3.63, 3.8) is 0 Å². The van der Waals surface area contributed by atoms with Crippen molar-refractivity contribution in [3.8, 4) is 11.5 Å². The predicted molar refractivity (Wildman–Crippen MR) is 209 cm³/mol. The van der Waals surface area contributed by atoms with E-state index < -0.39 is 88.0 Å². The zero-order valence-corrected chi connectivity index (χ0v) is 33.7. The molecule has 1 aliphatic heterocycles. The Morgan fingerprint density at radius 3 is 2.09 bits per heavy atom. The van der Waals surface area contributed by atoms with Gasteiger partial charge in [0, 0.05) is 5.56 Å². The molecule has 9 atom stereocenters. The van der Waals surface area contributed by atoms with E-state index >= 15 is 14.4 Å². The van der Waals surface area contributed by atoms with Gasteiger partial charge in [0.25, 0.3) is 0 Å². The molecule has 11 nitrogen and oxygen atoms in total. The quantitative estimate of drug-likeness (QED) is 0.0439. The van der Waals surface area contributed by atoms with Crippen LogP contribution in [0.15, 0.2) is 70.9 Å². The Morgan fingerprint density at radius 2 is 1.55 bits per heavy atom. The number of aliphatic hydroxyl groups is 5. The lowest BCUT2D eigenvalue weighted by Crippen LogP contribution is -2.69. The van der Waals surface area contributed by atoms with Crippen molar-refractivity contribution in [1.29, 1.82) is 0 Å². The van der Waals surface area contributed by atoms with E-state index in [1.54, 1.807) is 0 Å². The Kier molecular flexibility index (Phi) is 13.3. The molecule has 0 unspecified atom stereocenters. The van der Waals surface area contributed by atoms with E-state index in [2.05, 4.69) is 12.7 Å². The van der Waals surface area contributed by atoms with Crippen LogP contribution in [0, 0.1) is 28.1 Å². The predicted octanol–water partition coefficient (Wildman–Crippen LogP) is 6.23. The number of ketones is 3. The number of Topliss-reactive ketones (excluding diaryl/α,β-unsaturated/α-hetero) is 3. The van der Waals surface area contributed by atoms with Crippen LogP contribution >= 0.6 is 0 Å². The summed E-state index contributed by atoms with van der Waals surface area (Å²) in [6.45, 7) is 20.9. The molecular formula is C44H60O11. The molecule has 1 heterocycles. The van der Waals surface area contributed by atoms with Gasteiger partial charge in [-0.15, -0.1) is 0 Å². The highest BCUT2D eigenvalue weighted by Crippen LogP contribution is 2.66. The molecule has 11 heteroatoms. The van der Waals surface area contributed by atoms with Crippen LogP contribution in [-0.2, 0) is 19.1 Å². The molecule has 3 fully saturated rings. The standard InChI is InChI=1S/C44H60O11/c1-23(2)11-13-28(26(7)8)20-43-21-29(15-12-24(3)4)42(9,10)44(41(43)53,18-17-25(5)6)39(52)33(38(43)51)34(47)27-14-16-31(30(46)19-27)54-40-37(50)36(49)35(48)32(22-45)55-40/h11-12,14,16-17,19,28-29,32,35-37,40,45-50H,7,13,15,18,20-22H2,1-6,8-10H3/b34-33+/t28-,29+,32-,35-,36+,37-,40-,43+,44-/m0/s1. The molecule has 6 N–H and O–H groups in total. The van der Waals surface area contributed by atoms with Gasteiger partial charge in [-0.05, 0) is 116 Å². The Balaban J connectivity index is 1.94. The number of carbonyl (C=O) groups excluding carboxylic acids is 3. The third-order valence-electron chi connectivity index (χ3n) is 12.1. The smallest absolute Gasteiger partial charge is 0.229 e. The van der Waals surface area contributed by atoms with Crippen LogP contribution in [0.4, 0.5) is 0 Å². The van der Waals surface area contributed by atoms with E-state index in [1.807, 2.05) is 74.5 Å². The molecule has 1 aromatic rings. The zero-order valence-electron chi connectivity index (χ0n) is 33.7. The molecule has 4 rings (SSSR count). The molecule has 3 aliphatic rings. The second-order valence-corrected chi connectivity index (χ2v) is 17.1. The van der Waals surface area contributed by atoms with Crippen molar-refractivity contribution >= 4 is 23.1 Å². The van der Waals surface area contributed by atoms with E-state index in [0.29, 0.717) is 12.8 Å². The van der Waals surface area contributed by atoms with Crippen LogP contribution in [-0.4, -0.2) is 85.3 Å². The molecule has 2 saturated carbocycles. The number of aromatic hydroxyl groups is 1. The maximum atomic E-state index is 15.4.